The van der Waals surface area contributed by atoms with E-state index in [0.717, 1.165) is 80.0 Å². The van der Waals surface area contributed by atoms with Crippen LogP contribution in [0.1, 0.15) is 112 Å². The fourth-order valence-corrected chi connectivity index (χ4v) is 9.20. The SMILES string of the molecule is CCCOc1c2cccc1Cc1cc(Nc3nc(N)nc(N(CC(=O)OCC)C(=O)CN)n3)cc(c1OCCC)Cc1cccc(c1OCCC)Cc1cc(Nc3nc(N)nc(N(CC(=O)OCC)C(=O)CN)n3)cc(c1OCCC)C2. The fraction of sp³-hybridized carbons (Fsp3) is 0.414. The normalized spacial score (nSPS) is 11.7. The number of esters is 2. The van der Waals surface area contributed by atoms with Crippen molar-refractivity contribution in [3.63, 3.8) is 0 Å². The Morgan fingerprint density at radius 1 is 0.463 bits per heavy atom. The van der Waals surface area contributed by atoms with E-state index in [1.807, 2.05) is 74.5 Å². The Bertz CT molecular complexity index is 2920. The average molecular weight is 1130 g/mol. The number of carbonyl (C=O) groups is 4. The molecule has 2 amide bonds. The lowest BCUT2D eigenvalue weighted by atomic mass is 9.90. The quantitative estimate of drug-likeness (QED) is 0.0326. The van der Waals surface area contributed by atoms with Crippen LogP contribution in [0.3, 0.4) is 0 Å². The third kappa shape index (κ3) is 15.7. The molecule has 0 atom stereocenters. The topological polar surface area (TPSA) is 336 Å². The Balaban J connectivity index is 1.44. The van der Waals surface area contributed by atoms with Crippen LogP contribution in [0, 0.1) is 0 Å². The summed E-state index contributed by atoms with van der Waals surface area (Å²) in [7, 11) is 0. The lowest BCUT2D eigenvalue weighted by molar-refractivity contribution is -0.143. The summed E-state index contributed by atoms with van der Waals surface area (Å²) < 4.78 is 37.4. The molecule has 0 unspecified atom stereocenters. The van der Waals surface area contributed by atoms with Crippen LogP contribution in [0.4, 0.5) is 47.1 Å². The third-order valence-electron chi connectivity index (χ3n) is 12.6. The van der Waals surface area contributed by atoms with Crippen molar-refractivity contribution in [2.24, 2.45) is 11.5 Å². The van der Waals surface area contributed by atoms with Crippen LogP contribution in [-0.4, -0.2) is 119 Å². The van der Waals surface area contributed by atoms with Gasteiger partial charge in [-0.25, -0.2) is 0 Å². The van der Waals surface area contributed by atoms with Crippen LogP contribution >= 0.6 is 0 Å². The molecule has 0 aliphatic heterocycles. The molecule has 4 aromatic carbocycles. The molecule has 0 saturated carbocycles. The van der Waals surface area contributed by atoms with Crippen molar-refractivity contribution < 1.29 is 47.6 Å². The van der Waals surface area contributed by atoms with Crippen LogP contribution in [-0.2, 0) is 54.3 Å². The number of benzene rings is 4. The van der Waals surface area contributed by atoms with Crippen molar-refractivity contribution in [3.8, 4) is 23.0 Å². The van der Waals surface area contributed by atoms with E-state index < -0.39 is 49.9 Å². The number of anilines is 8. The lowest BCUT2D eigenvalue weighted by Crippen LogP contribution is -2.41. The first-order valence-electron chi connectivity index (χ1n) is 27.7. The van der Waals surface area contributed by atoms with Crippen molar-refractivity contribution in [2.75, 3.05) is 97.7 Å². The summed E-state index contributed by atoms with van der Waals surface area (Å²) in [5, 5.41) is 6.65. The van der Waals surface area contributed by atoms with E-state index in [1.54, 1.807) is 13.8 Å². The minimum atomic E-state index is -0.684. The summed E-state index contributed by atoms with van der Waals surface area (Å²) in [5.41, 5.74) is 31.9. The molecule has 0 spiro atoms. The van der Waals surface area contributed by atoms with Gasteiger partial charge in [-0.15, -0.1) is 0 Å². The van der Waals surface area contributed by atoms with Crippen LogP contribution in [0.2, 0.25) is 0 Å². The summed E-state index contributed by atoms with van der Waals surface area (Å²) in [6.45, 7) is 11.5. The highest BCUT2D eigenvalue weighted by Gasteiger charge is 2.27. The van der Waals surface area contributed by atoms with Gasteiger partial charge in [0.2, 0.25) is 47.5 Å². The summed E-state index contributed by atoms with van der Waals surface area (Å²) in [6.07, 6.45) is 4.28. The van der Waals surface area contributed by atoms with E-state index in [-0.39, 0.29) is 48.9 Å². The van der Waals surface area contributed by atoms with E-state index in [2.05, 4.69) is 54.4 Å². The molecule has 2 aromatic heterocycles. The highest BCUT2D eigenvalue weighted by atomic mass is 16.5. The molecule has 24 nitrogen and oxygen atoms in total. The summed E-state index contributed by atoms with van der Waals surface area (Å²) in [4.78, 5) is 80.0. The predicted octanol–water partition coefficient (Wildman–Crippen LogP) is 6.25. The molecule has 0 fully saturated rings. The summed E-state index contributed by atoms with van der Waals surface area (Å²) in [5.74, 6) is -0.722. The second-order valence-electron chi connectivity index (χ2n) is 19.0. The van der Waals surface area contributed by atoms with Gasteiger partial charge in [-0.1, -0.05) is 64.1 Å². The van der Waals surface area contributed by atoms with Crippen LogP contribution in [0.25, 0.3) is 0 Å². The van der Waals surface area contributed by atoms with Gasteiger partial charge in [-0.05, 0) is 86.1 Å². The molecule has 0 saturated heterocycles. The number of fused-ring (bicyclic) bond motifs is 8. The molecule has 82 heavy (non-hydrogen) atoms. The van der Waals surface area contributed by atoms with Gasteiger partial charge in [0, 0.05) is 59.3 Å². The van der Waals surface area contributed by atoms with Crippen LogP contribution in [0.15, 0.2) is 60.7 Å². The van der Waals surface area contributed by atoms with Gasteiger partial charge in [-0.2, -0.15) is 29.9 Å². The Hall–Kier alpha value is -8.90. The number of nitrogens with one attached hydrogen (secondary N) is 2. The van der Waals surface area contributed by atoms with E-state index in [9.17, 15) is 19.2 Å². The first-order chi connectivity index (χ1) is 39.7. The van der Waals surface area contributed by atoms with Gasteiger partial charge in [0.15, 0.2) is 0 Å². The molecule has 2 heterocycles. The highest BCUT2D eigenvalue weighted by molar-refractivity contribution is 5.98. The van der Waals surface area contributed by atoms with Crippen molar-refractivity contribution in [1.82, 2.24) is 29.9 Å². The molecule has 1 aliphatic rings. The number of nitrogen functional groups attached to an aromatic ring is 2. The Morgan fingerprint density at radius 3 is 1.05 bits per heavy atom. The Morgan fingerprint density at radius 2 is 0.768 bits per heavy atom. The van der Waals surface area contributed by atoms with Crippen molar-refractivity contribution in [2.45, 2.75) is 92.9 Å². The highest BCUT2D eigenvalue weighted by Crippen LogP contribution is 2.42. The summed E-state index contributed by atoms with van der Waals surface area (Å²) >= 11 is 0. The van der Waals surface area contributed by atoms with Gasteiger partial charge in [0.25, 0.3) is 0 Å². The molecule has 7 rings (SSSR count). The number of aromatic nitrogens is 6. The van der Waals surface area contributed by atoms with Crippen molar-refractivity contribution in [1.29, 1.82) is 0 Å². The Kier molecular flexibility index (Phi) is 21.9. The monoisotopic (exact) mass is 1130 g/mol. The molecule has 1 aliphatic carbocycles. The number of nitrogens with two attached hydrogens (primary N) is 4. The van der Waals surface area contributed by atoms with Gasteiger partial charge in [0.05, 0.1) is 52.7 Å². The van der Waals surface area contributed by atoms with Crippen LogP contribution in [0.5, 0.6) is 23.0 Å². The number of nitrogens with zero attached hydrogens (tertiary/aromatic N) is 8. The van der Waals surface area contributed by atoms with E-state index in [1.165, 1.54) is 0 Å². The van der Waals surface area contributed by atoms with E-state index >= 15 is 0 Å². The smallest absolute Gasteiger partial charge is 0.326 e. The zero-order chi connectivity index (χ0) is 58.7. The zero-order valence-electron chi connectivity index (χ0n) is 47.5. The average Bonchev–Trinajstić information content (AvgIpc) is 3.24. The number of rotatable bonds is 26. The van der Waals surface area contributed by atoms with Crippen molar-refractivity contribution >= 4 is 70.8 Å². The predicted molar refractivity (Wildman–Crippen MR) is 311 cm³/mol. The standard InChI is InChI=1S/C58H74N14O10/c1-7-19-79-49-35-15-13-16-36(49)24-40-28-44(64-56-66-54(62)68-58(70-56)72(46(74)32-60)34-48(76)78-12-6)30-42(52(40)82-22-10-4)26-38-18-14-17-37(50(38)80-20-8-2)25-41-29-43(27-39(23-35)51(41)81-21-9-3)63-55-65-53(61)67-57(69-55)71(45(73)31-59)33-47(75)77-11-5/h13-18,27-30H,7-12,19-26,31-34,59-60H2,1-6H3,(H3,61,63,65,67,69)(H3,62,64,66,68,70). The largest absolute Gasteiger partial charge is 0.493 e. The minimum Gasteiger partial charge on any atom is -0.493 e. The lowest BCUT2D eigenvalue weighted by Gasteiger charge is -2.24. The first kappa shape index (κ1) is 60.7. The molecule has 8 bridgehead atoms. The number of para-hydroxylation sites is 2. The maximum atomic E-state index is 13.1. The maximum absolute atomic E-state index is 13.1. The van der Waals surface area contributed by atoms with E-state index in [4.69, 9.17) is 51.4 Å². The zero-order valence-corrected chi connectivity index (χ0v) is 47.5. The molecule has 436 valence electrons. The Labute approximate surface area is 477 Å². The summed E-state index contributed by atoms with van der Waals surface area (Å²) in [6, 6.07) is 20.0. The molecule has 10 N–H and O–H groups in total. The molecule has 24 heteroatoms. The first-order valence-corrected chi connectivity index (χ1v) is 27.7. The molecule has 6 aromatic rings. The second-order valence-corrected chi connectivity index (χ2v) is 19.0. The third-order valence-corrected chi connectivity index (χ3v) is 12.6. The van der Waals surface area contributed by atoms with Gasteiger partial charge < -0.3 is 62.0 Å². The van der Waals surface area contributed by atoms with Gasteiger partial charge >= 0.3 is 11.9 Å². The van der Waals surface area contributed by atoms with Gasteiger partial charge in [-0.3, -0.25) is 29.0 Å². The molecule has 0 radical (unpaired) electrons. The van der Waals surface area contributed by atoms with Crippen LogP contribution < -0.4 is 62.3 Å². The number of ether oxygens (including phenoxy) is 6. The van der Waals surface area contributed by atoms with Gasteiger partial charge in [0.1, 0.15) is 36.1 Å². The fourth-order valence-electron chi connectivity index (χ4n) is 9.20. The van der Waals surface area contributed by atoms with Crippen molar-refractivity contribution in [3.05, 3.63) is 105 Å². The minimum absolute atomic E-state index is 0.00134. The second kappa shape index (κ2) is 29.5. The molecular weight excluding hydrogens is 1050 g/mol. The molecular formula is C58H74N14O10. The number of carbonyl (C=O) groups excluding carboxylic acids is 4. The number of hydrogen-bond donors (Lipinski definition) is 6. The van der Waals surface area contributed by atoms with E-state index in [0.29, 0.717) is 86.5 Å². The maximum Gasteiger partial charge on any atom is 0.326 e. The number of amides is 2. The number of hydrogen-bond acceptors (Lipinski definition) is 22.